The maximum absolute atomic E-state index is 13.1. The van der Waals surface area contributed by atoms with Crippen LogP contribution in [0.25, 0.3) is 22.8 Å². The van der Waals surface area contributed by atoms with Crippen LogP contribution in [0, 0.1) is 10.6 Å². The van der Waals surface area contributed by atoms with Crippen LogP contribution in [0.1, 0.15) is 18.9 Å². The average molecular weight is 454 g/mol. The Morgan fingerprint density at radius 1 is 1.22 bits per heavy atom. The number of rotatable bonds is 7. The largest absolute Gasteiger partial charge is 0.497 e. The second kappa shape index (κ2) is 9.10. The number of nitrogens with one attached hydrogen (secondary N) is 2. The van der Waals surface area contributed by atoms with Gasteiger partial charge in [0, 0.05) is 11.1 Å². The summed E-state index contributed by atoms with van der Waals surface area (Å²) >= 11 is 5.29. The Hall–Kier alpha value is -3.86. The Kier molecular flexibility index (Phi) is 6.08. The molecule has 2 aromatic carbocycles. The minimum absolute atomic E-state index is 0.0556. The summed E-state index contributed by atoms with van der Waals surface area (Å²) in [4.78, 5) is 17.0. The van der Waals surface area contributed by atoms with Crippen LogP contribution >= 0.6 is 12.2 Å². The summed E-state index contributed by atoms with van der Waals surface area (Å²) < 4.78 is 25.4. The first-order valence-electron chi connectivity index (χ1n) is 9.63. The number of H-pyrrole nitrogens is 1. The third kappa shape index (κ3) is 4.57. The lowest BCUT2D eigenvalue weighted by atomic mass is 10.2. The maximum atomic E-state index is 13.1. The molecule has 0 spiro atoms. The lowest BCUT2D eigenvalue weighted by Gasteiger charge is -2.11. The topological polar surface area (TPSA) is 111 Å². The molecule has 1 unspecified atom stereocenters. The zero-order valence-electron chi connectivity index (χ0n) is 17.2. The standard InChI is InChI=1S/C21H19FN6O3S/c1-12(20-24-18(27-31-20)13-3-7-15(22)8-4-13)23-17(29)11-28-19(25-26-21(28)32)14-5-9-16(30-2)10-6-14/h3-10,12H,11H2,1-2H3,(H,23,29)(H,26,32). The van der Waals surface area contributed by atoms with Gasteiger partial charge in [-0.15, -0.1) is 0 Å². The molecule has 11 heteroatoms. The van der Waals surface area contributed by atoms with Gasteiger partial charge in [0.25, 0.3) is 0 Å². The molecule has 4 rings (SSSR count). The molecule has 0 aliphatic heterocycles. The third-order valence-electron chi connectivity index (χ3n) is 4.70. The molecule has 0 radical (unpaired) electrons. The Morgan fingerprint density at radius 3 is 2.59 bits per heavy atom. The van der Waals surface area contributed by atoms with E-state index in [1.165, 1.54) is 12.1 Å². The fraction of sp³-hybridized carbons (Fsp3) is 0.190. The summed E-state index contributed by atoms with van der Waals surface area (Å²) in [6.07, 6.45) is 0. The van der Waals surface area contributed by atoms with Crippen molar-refractivity contribution in [1.82, 2.24) is 30.2 Å². The van der Waals surface area contributed by atoms with Crippen molar-refractivity contribution in [2.45, 2.75) is 19.5 Å². The van der Waals surface area contributed by atoms with E-state index in [4.69, 9.17) is 21.5 Å². The van der Waals surface area contributed by atoms with Crippen molar-refractivity contribution < 1.29 is 18.4 Å². The molecule has 0 saturated carbocycles. The van der Waals surface area contributed by atoms with Crippen LogP contribution in [-0.4, -0.2) is 37.9 Å². The second-order valence-corrected chi connectivity index (χ2v) is 7.31. The number of carbonyl (C=O) groups excluding carboxylic acids is 1. The van der Waals surface area contributed by atoms with Gasteiger partial charge in [0.05, 0.1) is 7.11 Å². The van der Waals surface area contributed by atoms with Crippen LogP contribution in [-0.2, 0) is 11.3 Å². The van der Waals surface area contributed by atoms with Crippen LogP contribution in [0.5, 0.6) is 5.75 Å². The number of aromatic nitrogens is 5. The molecular weight excluding hydrogens is 435 g/mol. The van der Waals surface area contributed by atoms with E-state index in [0.717, 1.165) is 5.56 Å². The number of nitrogens with zero attached hydrogens (tertiary/aromatic N) is 4. The fourth-order valence-corrected chi connectivity index (χ4v) is 3.24. The summed E-state index contributed by atoms with van der Waals surface area (Å²) in [7, 11) is 1.59. The first-order chi connectivity index (χ1) is 15.4. The number of aromatic amines is 1. The molecule has 1 amide bonds. The van der Waals surface area contributed by atoms with Crippen LogP contribution < -0.4 is 10.1 Å². The van der Waals surface area contributed by atoms with Crippen molar-refractivity contribution in [3.8, 4) is 28.5 Å². The predicted octanol–water partition coefficient (Wildman–Crippen LogP) is 3.68. The van der Waals surface area contributed by atoms with E-state index in [2.05, 4.69) is 25.7 Å². The van der Waals surface area contributed by atoms with Gasteiger partial charge in [-0.05, 0) is 67.7 Å². The molecular formula is C21H19FN6O3S. The van der Waals surface area contributed by atoms with Crippen molar-refractivity contribution in [2.75, 3.05) is 7.11 Å². The van der Waals surface area contributed by atoms with Crippen molar-refractivity contribution in [3.63, 3.8) is 0 Å². The van der Waals surface area contributed by atoms with Crippen LogP contribution in [0.15, 0.2) is 53.1 Å². The average Bonchev–Trinajstić information content (AvgIpc) is 3.42. The van der Waals surface area contributed by atoms with E-state index < -0.39 is 6.04 Å². The fourth-order valence-electron chi connectivity index (χ4n) is 3.04. The summed E-state index contributed by atoms with van der Waals surface area (Å²) in [5, 5.41) is 13.7. The number of halogens is 1. The van der Waals surface area contributed by atoms with Crippen molar-refractivity contribution >= 4 is 18.1 Å². The van der Waals surface area contributed by atoms with E-state index in [1.54, 1.807) is 42.9 Å². The van der Waals surface area contributed by atoms with Gasteiger partial charge in [-0.3, -0.25) is 14.5 Å². The highest BCUT2D eigenvalue weighted by Gasteiger charge is 2.19. The van der Waals surface area contributed by atoms with Gasteiger partial charge in [-0.2, -0.15) is 10.1 Å². The van der Waals surface area contributed by atoms with E-state index in [9.17, 15) is 9.18 Å². The number of amides is 1. The highest BCUT2D eigenvalue weighted by molar-refractivity contribution is 7.71. The molecule has 2 N–H and O–H groups in total. The van der Waals surface area contributed by atoms with Gasteiger partial charge in [0.2, 0.25) is 17.6 Å². The molecule has 4 aromatic rings. The molecule has 9 nitrogen and oxygen atoms in total. The van der Waals surface area contributed by atoms with Crippen molar-refractivity contribution in [1.29, 1.82) is 0 Å². The Bertz CT molecular complexity index is 1280. The van der Waals surface area contributed by atoms with Gasteiger partial charge >= 0.3 is 0 Å². The van der Waals surface area contributed by atoms with E-state index in [0.29, 0.717) is 27.7 Å². The number of carbonyl (C=O) groups is 1. The molecule has 2 aromatic heterocycles. The van der Waals surface area contributed by atoms with E-state index in [1.807, 2.05) is 12.1 Å². The molecule has 2 heterocycles. The monoisotopic (exact) mass is 454 g/mol. The quantitative estimate of drug-likeness (QED) is 0.410. The summed E-state index contributed by atoms with van der Waals surface area (Å²) in [6, 6.07) is 12.4. The van der Waals surface area contributed by atoms with Crippen molar-refractivity contribution in [2.24, 2.45) is 0 Å². The van der Waals surface area contributed by atoms with Gasteiger partial charge in [0.1, 0.15) is 24.2 Å². The maximum Gasteiger partial charge on any atom is 0.249 e. The smallest absolute Gasteiger partial charge is 0.249 e. The molecule has 1 atom stereocenters. The number of hydrogen-bond acceptors (Lipinski definition) is 7. The van der Waals surface area contributed by atoms with E-state index in [-0.39, 0.29) is 24.2 Å². The number of benzene rings is 2. The number of hydrogen-bond donors (Lipinski definition) is 2. The third-order valence-corrected chi connectivity index (χ3v) is 5.01. The van der Waals surface area contributed by atoms with Gasteiger partial charge < -0.3 is 14.6 Å². The summed E-state index contributed by atoms with van der Waals surface area (Å²) in [6.45, 7) is 1.67. The van der Waals surface area contributed by atoms with E-state index >= 15 is 0 Å². The molecule has 0 saturated heterocycles. The number of methoxy groups -OCH3 is 1. The van der Waals surface area contributed by atoms with Crippen LogP contribution in [0.3, 0.4) is 0 Å². The molecule has 0 fully saturated rings. The SMILES string of the molecule is COc1ccc(-c2n[nH]c(=S)n2CC(=O)NC(C)c2nc(-c3ccc(F)cc3)no2)cc1. The Labute approximate surface area is 187 Å². The molecule has 32 heavy (non-hydrogen) atoms. The minimum Gasteiger partial charge on any atom is -0.497 e. The molecule has 0 aliphatic carbocycles. The predicted molar refractivity (Wildman–Crippen MR) is 116 cm³/mol. The Balaban J connectivity index is 1.46. The Morgan fingerprint density at radius 2 is 1.91 bits per heavy atom. The molecule has 0 aliphatic rings. The molecule has 0 bridgehead atoms. The van der Waals surface area contributed by atoms with Crippen LogP contribution in [0.4, 0.5) is 4.39 Å². The first kappa shape index (κ1) is 21.4. The van der Waals surface area contributed by atoms with Crippen LogP contribution in [0.2, 0.25) is 0 Å². The summed E-state index contributed by atoms with van der Waals surface area (Å²) in [5.41, 5.74) is 1.38. The van der Waals surface area contributed by atoms with Crippen molar-refractivity contribution in [3.05, 3.63) is 65.0 Å². The highest BCUT2D eigenvalue weighted by Crippen LogP contribution is 2.22. The normalized spacial score (nSPS) is 11.8. The zero-order valence-corrected chi connectivity index (χ0v) is 18.0. The zero-order chi connectivity index (χ0) is 22.7. The highest BCUT2D eigenvalue weighted by atomic mass is 32.1. The lowest BCUT2D eigenvalue weighted by Crippen LogP contribution is -2.30. The molecule has 164 valence electrons. The lowest BCUT2D eigenvalue weighted by molar-refractivity contribution is -0.122. The van der Waals surface area contributed by atoms with Gasteiger partial charge in [-0.1, -0.05) is 5.16 Å². The van der Waals surface area contributed by atoms with Gasteiger partial charge in [0.15, 0.2) is 10.6 Å². The first-order valence-corrected chi connectivity index (χ1v) is 10.0. The second-order valence-electron chi connectivity index (χ2n) is 6.92. The minimum atomic E-state index is -0.547. The van der Waals surface area contributed by atoms with Gasteiger partial charge in [-0.25, -0.2) is 4.39 Å². The number of ether oxygens (including phenoxy) is 1. The summed E-state index contributed by atoms with van der Waals surface area (Å²) in [5.74, 6) is 1.09.